The summed E-state index contributed by atoms with van der Waals surface area (Å²) in [6.45, 7) is 1.51. The van der Waals surface area contributed by atoms with E-state index < -0.39 is 0 Å². The van der Waals surface area contributed by atoms with Gasteiger partial charge >= 0.3 is 0 Å². The van der Waals surface area contributed by atoms with E-state index >= 15 is 0 Å². The number of likely N-dealkylation sites (N-methyl/N-ethyl adjacent to an activating group) is 1. The van der Waals surface area contributed by atoms with Crippen LogP contribution in [0, 0.1) is 0 Å². The van der Waals surface area contributed by atoms with Crippen molar-refractivity contribution in [3.05, 3.63) is 21.8 Å². The number of hydrogen-bond donors (Lipinski definition) is 1. The Morgan fingerprint density at radius 1 is 1.61 bits per heavy atom. The molecule has 2 atom stereocenters. The summed E-state index contributed by atoms with van der Waals surface area (Å²) in [7, 11) is 4.07. The molecule has 1 fully saturated rings. The van der Waals surface area contributed by atoms with Gasteiger partial charge in [-0.1, -0.05) is 11.6 Å². The van der Waals surface area contributed by atoms with Crippen molar-refractivity contribution in [2.45, 2.75) is 18.6 Å². The van der Waals surface area contributed by atoms with Gasteiger partial charge in [0.05, 0.1) is 15.6 Å². The Kier molecular flexibility index (Phi) is 4.48. The average Bonchev–Trinajstić information content (AvgIpc) is 2.58. The van der Waals surface area contributed by atoms with E-state index in [0.29, 0.717) is 11.6 Å². The Bertz CT molecular complexity index is 430. The van der Waals surface area contributed by atoms with Crippen molar-refractivity contribution < 1.29 is 5.11 Å². The Labute approximate surface area is 121 Å². The normalized spacial score (nSPS) is 24.0. The minimum Gasteiger partial charge on any atom is -0.391 e. The third-order valence-corrected chi connectivity index (χ3v) is 3.82. The molecular weight excluding hydrogens is 318 g/mol. The van der Waals surface area contributed by atoms with Gasteiger partial charge in [0.2, 0.25) is 0 Å². The maximum absolute atomic E-state index is 9.86. The molecule has 0 bridgehead atoms. The zero-order valence-corrected chi connectivity index (χ0v) is 12.8. The molecule has 0 spiro atoms. The lowest BCUT2D eigenvalue weighted by molar-refractivity contribution is 0.191. The summed E-state index contributed by atoms with van der Waals surface area (Å²) < 4.78 is 0.868. The smallest absolute Gasteiger partial charge is 0.143 e. The van der Waals surface area contributed by atoms with Gasteiger partial charge in [-0.05, 0) is 42.5 Å². The number of pyridine rings is 1. The SMILES string of the molecule is CN(C)CC1CC(O)CN1c1ncc(Cl)cc1Br. The van der Waals surface area contributed by atoms with Crippen LogP contribution in [0.15, 0.2) is 16.7 Å². The molecule has 1 aliphatic rings. The Morgan fingerprint density at radius 3 is 2.94 bits per heavy atom. The van der Waals surface area contributed by atoms with Crippen molar-refractivity contribution in [2.24, 2.45) is 0 Å². The minimum atomic E-state index is -0.292. The number of hydrogen-bond acceptors (Lipinski definition) is 4. The summed E-state index contributed by atoms with van der Waals surface area (Å²) in [5, 5.41) is 10.5. The molecule has 2 unspecified atom stereocenters. The zero-order chi connectivity index (χ0) is 13.3. The van der Waals surface area contributed by atoms with Crippen molar-refractivity contribution in [2.75, 3.05) is 32.1 Å². The molecule has 4 nitrogen and oxygen atoms in total. The predicted molar refractivity (Wildman–Crippen MR) is 77.3 cm³/mol. The largest absolute Gasteiger partial charge is 0.391 e. The molecule has 1 aliphatic heterocycles. The average molecular weight is 335 g/mol. The highest BCUT2D eigenvalue weighted by Crippen LogP contribution is 2.32. The lowest BCUT2D eigenvalue weighted by atomic mass is 10.2. The summed E-state index contributed by atoms with van der Waals surface area (Å²) in [5.74, 6) is 0.850. The number of β-amino-alcohol motifs (C(OH)–C–C–N with tert-alkyl or cyclic N) is 1. The van der Waals surface area contributed by atoms with E-state index in [1.165, 1.54) is 0 Å². The van der Waals surface area contributed by atoms with Gasteiger partial charge in [-0.3, -0.25) is 0 Å². The fourth-order valence-corrected chi connectivity index (χ4v) is 3.23. The Hall–Kier alpha value is -0.360. The standard InChI is InChI=1S/C12H17BrClN3O/c1-16(2)6-9-4-10(18)7-17(9)12-11(13)3-8(14)5-15-12/h3,5,9-10,18H,4,6-7H2,1-2H3. The molecule has 1 aromatic heterocycles. The van der Waals surface area contributed by atoms with E-state index in [4.69, 9.17) is 11.6 Å². The maximum Gasteiger partial charge on any atom is 0.143 e. The molecule has 0 amide bonds. The first kappa shape index (κ1) is 14.1. The van der Waals surface area contributed by atoms with Crippen molar-refractivity contribution in [3.63, 3.8) is 0 Å². The lowest BCUT2D eigenvalue weighted by Gasteiger charge is -2.28. The predicted octanol–water partition coefficient (Wildman–Crippen LogP) is 2.00. The first-order chi connectivity index (χ1) is 8.47. The quantitative estimate of drug-likeness (QED) is 0.918. The summed E-state index contributed by atoms with van der Waals surface area (Å²) in [6, 6.07) is 2.11. The van der Waals surface area contributed by atoms with Gasteiger partial charge in [0, 0.05) is 25.3 Å². The van der Waals surface area contributed by atoms with Gasteiger partial charge in [0.15, 0.2) is 0 Å². The molecule has 1 aromatic rings. The van der Waals surface area contributed by atoms with Crippen LogP contribution in [-0.4, -0.2) is 54.3 Å². The molecule has 0 radical (unpaired) electrons. The minimum absolute atomic E-state index is 0.278. The molecule has 2 heterocycles. The number of nitrogens with zero attached hydrogens (tertiary/aromatic N) is 3. The van der Waals surface area contributed by atoms with Crippen LogP contribution >= 0.6 is 27.5 Å². The molecular formula is C12H17BrClN3O. The molecule has 0 aliphatic carbocycles. The summed E-state index contributed by atoms with van der Waals surface area (Å²) in [6.07, 6.45) is 2.12. The Balaban J connectivity index is 2.24. The van der Waals surface area contributed by atoms with Gasteiger partial charge in [-0.2, -0.15) is 0 Å². The number of aliphatic hydroxyl groups is 1. The van der Waals surface area contributed by atoms with Crippen LogP contribution in [0.2, 0.25) is 5.02 Å². The topological polar surface area (TPSA) is 39.6 Å². The second-order valence-corrected chi connectivity index (χ2v) is 6.21. The van der Waals surface area contributed by atoms with Gasteiger partial charge in [0.1, 0.15) is 5.82 Å². The van der Waals surface area contributed by atoms with Crippen LogP contribution in [0.3, 0.4) is 0 Å². The molecule has 1 N–H and O–H groups in total. The summed E-state index contributed by atoms with van der Waals surface area (Å²) >= 11 is 9.39. The maximum atomic E-state index is 9.86. The van der Waals surface area contributed by atoms with Gasteiger partial charge in [-0.25, -0.2) is 4.98 Å². The second kappa shape index (κ2) is 5.74. The van der Waals surface area contributed by atoms with Crippen LogP contribution in [0.25, 0.3) is 0 Å². The third kappa shape index (κ3) is 3.15. The third-order valence-electron chi connectivity index (χ3n) is 3.03. The van der Waals surface area contributed by atoms with Crippen LogP contribution in [0.5, 0.6) is 0 Å². The zero-order valence-electron chi connectivity index (χ0n) is 10.5. The highest BCUT2D eigenvalue weighted by atomic mass is 79.9. The van der Waals surface area contributed by atoms with Crippen LogP contribution in [0.1, 0.15) is 6.42 Å². The molecule has 100 valence electrons. The Morgan fingerprint density at radius 2 is 2.33 bits per heavy atom. The van der Waals surface area contributed by atoms with Gasteiger partial charge in [0.25, 0.3) is 0 Å². The molecule has 0 aromatic carbocycles. The van der Waals surface area contributed by atoms with Gasteiger partial charge < -0.3 is 14.9 Å². The second-order valence-electron chi connectivity index (χ2n) is 4.92. The van der Waals surface area contributed by atoms with E-state index in [0.717, 1.165) is 23.3 Å². The molecule has 1 saturated heterocycles. The van der Waals surface area contributed by atoms with Crippen LogP contribution < -0.4 is 4.90 Å². The molecule has 2 rings (SSSR count). The molecule has 18 heavy (non-hydrogen) atoms. The summed E-state index contributed by atoms with van der Waals surface area (Å²) in [4.78, 5) is 8.64. The van der Waals surface area contributed by atoms with Crippen molar-refractivity contribution in [1.82, 2.24) is 9.88 Å². The van der Waals surface area contributed by atoms with E-state index in [9.17, 15) is 5.11 Å². The fourth-order valence-electron chi connectivity index (χ4n) is 2.36. The highest BCUT2D eigenvalue weighted by molar-refractivity contribution is 9.10. The fraction of sp³-hybridized carbons (Fsp3) is 0.583. The number of anilines is 1. The van der Waals surface area contributed by atoms with Crippen LogP contribution in [0.4, 0.5) is 5.82 Å². The number of aromatic nitrogens is 1. The first-order valence-electron chi connectivity index (χ1n) is 5.88. The number of rotatable bonds is 3. The molecule has 0 saturated carbocycles. The van der Waals surface area contributed by atoms with Crippen molar-refractivity contribution in [1.29, 1.82) is 0 Å². The molecule has 6 heteroatoms. The van der Waals surface area contributed by atoms with E-state index in [1.54, 1.807) is 6.20 Å². The first-order valence-corrected chi connectivity index (χ1v) is 7.05. The van der Waals surface area contributed by atoms with Crippen molar-refractivity contribution >= 4 is 33.3 Å². The number of halogens is 2. The van der Waals surface area contributed by atoms with Gasteiger partial charge in [-0.15, -0.1) is 0 Å². The number of aliphatic hydroxyl groups excluding tert-OH is 1. The van der Waals surface area contributed by atoms with E-state index in [-0.39, 0.29) is 12.1 Å². The van der Waals surface area contributed by atoms with Crippen LogP contribution in [-0.2, 0) is 0 Å². The highest BCUT2D eigenvalue weighted by Gasteiger charge is 2.33. The lowest BCUT2D eigenvalue weighted by Crippen LogP contribution is -2.38. The van der Waals surface area contributed by atoms with E-state index in [2.05, 4.69) is 30.7 Å². The monoisotopic (exact) mass is 333 g/mol. The van der Waals surface area contributed by atoms with E-state index in [1.807, 2.05) is 20.2 Å². The van der Waals surface area contributed by atoms with Crippen molar-refractivity contribution in [3.8, 4) is 0 Å². The summed E-state index contributed by atoms with van der Waals surface area (Å²) in [5.41, 5.74) is 0.